The zero-order valence-corrected chi connectivity index (χ0v) is 15.1. The number of benzene rings is 1. The Labute approximate surface area is 154 Å². The van der Waals surface area contributed by atoms with Crippen molar-refractivity contribution >= 4 is 16.9 Å². The largest absolute Gasteiger partial charge is 0.348 e. The van der Waals surface area contributed by atoms with Crippen molar-refractivity contribution in [3.63, 3.8) is 0 Å². The maximum Gasteiger partial charge on any atom is 0.332 e. The van der Waals surface area contributed by atoms with Crippen LogP contribution in [0.2, 0.25) is 0 Å². The van der Waals surface area contributed by atoms with E-state index in [1.54, 1.807) is 7.05 Å². The van der Waals surface area contributed by atoms with Gasteiger partial charge >= 0.3 is 5.69 Å². The Kier molecular flexibility index (Phi) is 4.12. The molecule has 0 spiro atoms. The second kappa shape index (κ2) is 6.48. The van der Waals surface area contributed by atoms with Crippen molar-refractivity contribution in [2.75, 3.05) is 0 Å². The highest BCUT2D eigenvalue weighted by Gasteiger charge is 2.14. The summed E-state index contributed by atoms with van der Waals surface area (Å²) in [7, 11) is 2.94. The summed E-state index contributed by atoms with van der Waals surface area (Å²) in [6.45, 7) is 2.10. The molecule has 2 aromatic heterocycles. The highest BCUT2D eigenvalue weighted by molar-refractivity contribution is 5.96. The van der Waals surface area contributed by atoms with Crippen molar-refractivity contribution < 1.29 is 4.79 Å². The first-order chi connectivity index (χ1) is 13.0. The minimum absolute atomic E-state index is 0.232. The number of pyridine rings is 1. The first kappa shape index (κ1) is 17.2. The first-order valence-electron chi connectivity index (χ1n) is 8.61. The van der Waals surface area contributed by atoms with Crippen molar-refractivity contribution in [1.29, 1.82) is 0 Å². The van der Waals surface area contributed by atoms with Gasteiger partial charge in [0.05, 0.1) is 10.9 Å². The third-order valence-corrected chi connectivity index (χ3v) is 4.91. The number of hydrogen-bond donors (Lipinski definition) is 2. The highest BCUT2D eigenvalue weighted by Crippen LogP contribution is 2.17. The van der Waals surface area contributed by atoms with Crippen LogP contribution in [-0.4, -0.2) is 20.0 Å². The summed E-state index contributed by atoms with van der Waals surface area (Å²) in [4.78, 5) is 41.0. The fourth-order valence-electron chi connectivity index (χ4n) is 3.33. The second-order valence-corrected chi connectivity index (χ2v) is 6.69. The SMILES string of the molecule is Cn1c(=O)c2cc(C(=O)NCc3ccc4c(c3)CNC4)cnc2n(C)c1=O. The predicted molar refractivity (Wildman–Crippen MR) is 100 cm³/mol. The normalized spacial score (nSPS) is 13.0. The van der Waals surface area contributed by atoms with Crippen LogP contribution in [0.5, 0.6) is 0 Å². The molecule has 8 nitrogen and oxygen atoms in total. The van der Waals surface area contributed by atoms with Crippen LogP contribution >= 0.6 is 0 Å². The number of carbonyl (C=O) groups is 1. The Hall–Kier alpha value is -3.26. The second-order valence-electron chi connectivity index (χ2n) is 6.69. The fraction of sp³-hybridized carbons (Fsp3) is 0.263. The number of nitrogens with zero attached hydrogens (tertiary/aromatic N) is 3. The van der Waals surface area contributed by atoms with E-state index in [2.05, 4.69) is 27.8 Å². The van der Waals surface area contributed by atoms with Crippen LogP contribution in [0.4, 0.5) is 0 Å². The number of hydrogen-bond acceptors (Lipinski definition) is 5. The molecule has 1 aliphatic heterocycles. The lowest BCUT2D eigenvalue weighted by atomic mass is 10.1. The van der Waals surface area contributed by atoms with Crippen LogP contribution in [0.3, 0.4) is 0 Å². The van der Waals surface area contributed by atoms with E-state index < -0.39 is 11.2 Å². The van der Waals surface area contributed by atoms with Crippen molar-refractivity contribution in [3.8, 4) is 0 Å². The van der Waals surface area contributed by atoms with E-state index in [1.165, 1.54) is 35.0 Å². The molecule has 0 saturated carbocycles. The van der Waals surface area contributed by atoms with Gasteiger partial charge in [0.15, 0.2) is 0 Å². The first-order valence-corrected chi connectivity index (χ1v) is 8.61. The summed E-state index contributed by atoms with van der Waals surface area (Å²) in [5, 5.41) is 6.38. The molecule has 1 aliphatic rings. The molecule has 138 valence electrons. The third kappa shape index (κ3) is 2.93. The topological polar surface area (TPSA) is 98.0 Å². The predicted octanol–water partition coefficient (Wildman–Crippen LogP) is 0.165. The lowest BCUT2D eigenvalue weighted by Gasteiger charge is -2.09. The van der Waals surface area contributed by atoms with E-state index in [-0.39, 0.29) is 22.5 Å². The lowest BCUT2D eigenvalue weighted by Crippen LogP contribution is -2.37. The lowest BCUT2D eigenvalue weighted by molar-refractivity contribution is 0.0950. The number of aromatic nitrogens is 3. The minimum atomic E-state index is -0.471. The molecule has 0 fully saturated rings. The number of rotatable bonds is 3. The molecule has 8 heteroatoms. The molecule has 0 atom stereocenters. The van der Waals surface area contributed by atoms with E-state index >= 15 is 0 Å². The molecule has 0 unspecified atom stereocenters. The van der Waals surface area contributed by atoms with Gasteiger partial charge in [0.2, 0.25) is 0 Å². The molecule has 3 aromatic rings. The van der Waals surface area contributed by atoms with Gasteiger partial charge in [0.25, 0.3) is 11.5 Å². The fourth-order valence-corrected chi connectivity index (χ4v) is 3.33. The van der Waals surface area contributed by atoms with Crippen LogP contribution in [-0.2, 0) is 33.7 Å². The number of nitrogens with one attached hydrogen (secondary N) is 2. The van der Waals surface area contributed by atoms with E-state index in [9.17, 15) is 14.4 Å². The molecule has 27 heavy (non-hydrogen) atoms. The monoisotopic (exact) mass is 365 g/mol. The summed E-state index contributed by atoms with van der Waals surface area (Å²) < 4.78 is 2.29. The summed E-state index contributed by atoms with van der Waals surface area (Å²) in [6.07, 6.45) is 1.38. The number of amides is 1. The Balaban J connectivity index is 1.59. The zero-order chi connectivity index (χ0) is 19.1. The van der Waals surface area contributed by atoms with Crippen LogP contribution in [0.15, 0.2) is 40.1 Å². The summed E-state index contributed by atoms with van der Waals surface area (Å²) in [5.74, 6) is -0.320. The Morgan fingerprint density at radius 1 is 1.15 bits per heavy atom. The summed E-state index contributed by atoms with van der Waals surface area (Å²) in [5.41, 5.74) is 3.15. The van der Waals surface area contributed by atoms with E-state index in [4.69, 9.17) is 0 Å². The van der Waals surface area contributed by atoms with Gasteiger partial charge in [-0.25, -0.2) is 9.78 Å². The quantitative estimate of drug-likeness (QED) is 0.689. The Bertz CT molecular complexity index is 1190. The maximum atomic E-state index is 12.5. The van der Waals surface area contributed by atoms with Crippen molar-refractivity contribution in [3.05, 3.63) is 73.6 Å². The van der Waals surface area contributed by atoms with Crippen LogP contribution < -0.4 is 21.9 Å². The van der Waals surface area contributed by atoms with Crippen molar-refractivity contribution in [1.82, 2.24) is 24.8 Å². The van der Waals surface area contributed by atoms with Crippen LogP contribution in [0.25, 0.3) is 11.0 Å². The number of fused-ring (bicyclic) bond motifs is 2. The van der Waals surface area contributed by atoms with Gasteiger partial charge in [0.1, 0.15) is 5.65 Å². The van der Waals surface area contributed by atoms with Gasteiger partial charge in [-0.3, -0.25) is 18.7 Å². The molecular weight excluding hydrogens is 346 g/mol. The molecule has 0 saturated heterocycles. The molecular formula is C19H19N5O3. The van der Waals surface area contributed by atoms with Gasteiger partial charge in [-0.1, -0.05) is 18.2 Å². The van der Waals surface area contributed by atoms with E-state index in [0.717, 1.165) is 23.2 Å². The van der Waals surface area contributed by atoms with Gasteiger partial charge in [0, 0.05) is 39.9 Å². The van der Waals surface area contributed by atoms with Gasteiger partial charge in [-0.15, -0.1) is 0 Å². The maximum absolute atomic E-state index is 12.5. The molecule has 0 bridgehead atoms. The zero-order valence-electron chi connectivity index (χ0n) is 15.1. The average molecular weight is 365 g/mol. The minimum Gasteiger partial charge on any atom is -0.348 e. The van der Waals surface area contributed by atoms with Gasteiger partial charge in [-0.2, -0.15) is 0 Å². The smallest absolute Gasteiger partial charge is 0.332 e. The Morgan fingerprint density at radius 2 is 1.93 bits per heavy atom. The molecule has 1 amide bonds. The molecule has 4 rings (SSSR count). The van der Waals surface area contributed by atoms with Gasteiger partial charge in [-0.05, 0) is 22.8 Å². The number of aryl methyl sites for hydroxylation is 1. The Morgan fingerprint density at radius 3 is 2.74 bits per heavy atom. The van der Waals surface area contributed by atoms with Crippen molar-refractivity contribution in [2.45, 2.75) is 19.6 Å². The molecule has 3 heterocycles. The molecule has 0 aliphatic carbocycles. The number of carbonyl (C=O) groups excluding carboxylic acids is 1. The van der Waals surface area contributed by atoms with E-state index in [1.807, 2.05) is 6.07 Å². The van der Waals surface area contributed by atoms with Crippen LogP contribution in [0.1, 0.15) is 27.0 Å². The summed E-state index contributed by atoms with van der Waals surface area (Å²) >= 11 is 0. The molecule has 0 radical (unpaired) electrons. The molecule has 2 N–H and O–H groups in total. The van der Waals surface area contributed by atoms with Crippen LogP contribution in [0, 0.1) is 0 Å². The third-order valence-electron chi connectivity index (χ3n) is 4.91. The van der Waals surface area contributed by atoms with Gasteiger partial charge < -0.3 is 10.6 Å². The summed E-state index contributed by atoms with van der Waals surface area (Å²) in [6, 6.07) is 7.63. The average Bonchev–Trinajstić information content (AvgIpc) is 3.16. The highest BCUT2D eigenvalue weighted by atomic mass is 16.2. The van der Waals surface area contributed by atoms with Crippen molar-refractivity contribution in [2.24, 2.45) is 14.1 Å². The van der Waals surface area contributed by atoms with E-state index in [0.29, 0.717) is 6.54 Å². The standard InChI is InChI=1S/C19H19N5O3/c1-23-16-15(18(26)24(2)19(23)27)6-14(10-21-16)17(25)22-7-11-3-4-12-8-20-9-13(12)5-11/h3-6,10,20H,7-9H2,1-2H3,(H,22,25). The molecule has 1 aromatic carbocycles.